The number of carbonyl (C=O) groups is 1. The molecule has 0 saturated heterocycles. The van der Waals surface area contributed by atoms with Gasteiger partial charge in [-0.25, -0.2) is 4.79 Å². The van der Waals surface area contributed by atoms with Crippen LogP contribution in [0.15, 0.2) is 30.3 Å². The lowest BCUT2D eigenvalue weighted by molar-refractivity contribution is -0.159. The van der Waals surface area contributed by atoms with Crippen LogP contribution in [0.4, 0.5) is 0 Å². The van der Waals surface area contributed by atoms with Crippen LogP contribution < -0.4 is 4.74 Å². The lowest BCUT2D eigenvalue weighted by Gasteiger charge is -2.36. The quantitative estimate of drug-likeness (QED) is 0.874. The normalized spacial score (nSPS) is 28.6. The fourth-order valence-corrected chi connectivity index (χ4v) is 2.30. The highest BCUT2D eigenvalue weighted by molar-refractivity contribution is 5.78. The molecular formula is C14H18O3. The zero-order valence-electron chi connectivity index (χ0n) is 10.1. The van der Waals surface area contributed by atoms with E-state index >= 15 is 0 Å². The topological polar surface area (TPSA) is 46.5 Å². The maximum atomic E-state index is 11.5. The molecule has 0 atom stereocenters. The van der Waals surface area contributed by atoms with E-state index in [1.54, 1.807) is 0 Å². The smallest absolute Gasteiger partial charge is 0.348 e. The van der Waals surface area contributed by atoms with Gasteiger partial charge in [0.1, 0.15) is 5.75 Å². The summed E-state index contributed by atoms with van der Waals surface area (Å²) in [6.45, 7) is 2.16. The number of para-hydroxylation sites is 1. The summed E-state index contributed by atoms with van der Waals surface area (Å²) in [5.41, 5.74) is -1.02. The van der Waals surface area contributed by atoms with Crippen molar-refractivity contribution in [1.82, 2.24) is 0 Å². The minimum atomic E-state index is -1.02. The highest BCUT2D eigenvalue weighted by atomic mass is 16.5. The number of hydrogen-bond acceptors (Lipinski definition) is 2. The van der Waals surface area contributed by atoms with Crippen LogP contribution in [-0.2, 0) is 4.79 Å². The average Bonchev–Trinajstić information content (AvgIpc) is 2.33. The van der Waals surface area contributed by atoms with E-state index in [9.17, 15) is 9.90 Å². The molecule has 92 valence electrons. The lowest BCUT2D eigenvalue weighted by atomic mass is 9.79. The average molecular weight is 234 g/mol. The second-order valence-corrected chi connectivity index (χ2v) is 4.90. The summed E-state index contributed by atoms with van der Waals surface area (Å²) >= 11 is 0. The first-order valence-corrected chi connectivity index (χ1v) is 6.10. The van der Waals surface area contributed by atoms with E-state index < -0.39 is 11.6 Å². The second kappa shape index (κ2) is 4.78. The van der Waals surface area contributed by atoms with Gasteiger partial charge >= 0.3 is 5.97 Å². The molecule has 0 radical (unpaired) electrons. The standard InChI is InChI=1S/C14H18O3/c1-11-7-9-14(10-8-11,13(15)16)17-12-5-3-2-4-6-12/h2-6,11H,7-10H2,1H3,(H,15,16). The van der Waals surface area contributed by atoms with Crippen molar-refractivity contribution in [2.45, 2.75) is 38.2 Å². The van der Waals surface area contributed by atoms with Gasteiger partial charge in [-0.1, -0.05) is 25.1 Å². The Hall–Kier alpha value is -1.51. The Morgan fingerprint density at radius 1 is 1.29 bits per heavy atom. The van der Waals surface area contributed by atoms with Crippen LogP contribution in [0, 0.1) is 5.92 Å². The number of ether oxygens (including phenoxy) is 1. The van der Waals surface area contributed by atoms with E-state index in [0.29, 0.717) is 24.5 Å². The highest BCUT2D eigenvalue weighted by Crippen LogP contribution is 2.35. The Kier molecular flexibility index (Phi) is 3.36. The number of benzene rings is 1. The maximum absolute atomic E-state index is 11.5. The van der Waals surface area contributed by atoms with Crippen molar-refractivity contribution in [3.05, 3.63) is 30.3 Å². The fourth-order valence-electron chi connectivity index (χ4n) is 2.30. The third-order valence-electron chi connectivity index (χ3n) is 3.53. The molecule has 1 saturated carbocycles. The van der Waals surface area contributed by atoms with Crippen molar-refractivity contribution in [1.29, 1.82) is 0 Å². The molecule has 1 N–H and O–H groups in total. The Labute approximate surface area is 101 Å². The molecular weight excluding hydrogens is 216 g/mol. The summed E-state index contributed by atoms with van der Waals surface area (Å²) in [4.78, 5) is 11.5. The molecule has 3 heteroatoms. The first-order chi connectivity index (χ1) is 8.12. The van der Waals surface area contributed by atoms with E-state index in [1.807, 2.05) is 30.3 Å². The number of rotatable bonds is 3. The van der Waals surface area contributed by atoms with E-state index in [-0.39, 0.29) is 0 Å². The number of hydrogen-bond donors (Lipinski definition) is 1. The van der Waals surface area contributed by atoms with Crippen LogP contribution in [0.5, 0.6) is 5.75 Å². The van der Waals surface area contributed by atoms with E-state index in [4.69, 9.17) is 4.74 Å². The van der Waals surface area contributed by atoms with Crippen LogP contribution in [0.2, 0.25) is 0 Å². The molecule has 1 aromatic carbocycles. The number of aliphatic carboxylic acids is 1. The first-order valence-electron chi connectivity index (χ1n) is 6.10. The fraction of sp³-hybridized carbons (Fsp3) is 0.500. The minimum Gasteiger partial charge on any atom is -0.478 e. The molecule has 0 aliphatic heterocycles. The molecule has 0 bridgehead atoms. The molecule has 0 heterocycles. The summed E-state index contributed by atoms with van der Waals surface area (Å²) in [5, 5.41) is 9.41. The van der Waals surface area contributed by atoms with E-state index in [1.165, 1.54) is 0 Å². The Morgan fingerprint density at radius 2 is 1.88 bits per heavy atom. The minimum absolute atomic E-state index is 0.596. The van der Waals surface area contributed by atoms with Crippen molar-refractivity contribution < 1.29 is 14.6 Å². The van der Waals surface area contributed by atoms with Crippen molar-refractivity contribution >= 4 is 5.97 Å². The van der Waals surface area contributed by atoms with Crippen LogP contribution in [-0.4, -0.2) is 16.7 Å². The zero-order chi connectivity index (χ0) is 12.3. The predicted molar refractivity (Wildman–Crippen MR) is 65.1 cm³/mol. The summed E-state index contributed by atoms with van der Waals surface area (Å²) in [5.74, 6) is 0.402. The summed E-state index contributed by atoms with van der Waals surface area (Å²) in [6, 6.07) is 9.22. The Morgan fingerprint density at radius 3 is 2.41 bits per heavy atom. The van der Waals surface area contributed by atoms with E-state index in [0.717, 1.165) is 12.8 Å². The molecule has 0 amide bonds. The van der Waals surface area contributed by atoms with Gasteiger partial charge in [-0.05, 0) is 43.7 Å². The Balaban J connectivity index is 2.15. The molecule has 1 aliphatic rings. The van der Waals surface area contributed by atoms with Gasteiger partial charge in [0.15, 0.2) is 0 Å². The predicted octanol–water partition coefficient (Wildman–Crippen LogP) is 3.10. The van der Waals surface area contributed by atoms with Crippen molar-refractivity contribution in [2.75, 3.05) is 0 Å². The van der Waals surface area contributed by atoms with Crippen LogP contribution in [0.1, 0.15) is 32.6 Å². The SMILES string of the molecule is CC1CCC(Oc2ccccc2)(C(=O)O)CC1. The van der Waals surface area contributed by atoms with Crippen molar-refractivity contribution in [3.63, 3.8) is 0 Å². The van der Waals surface area contributed by atoms with Gasteiger partial charge in [-0.2, -0.15) is 0 Å². The van der Waals surface area contributed by atoms with Gasteiger partial charge in [-0.15, -0.1) is 0 Å². The van der Waals surface area contributed by atoms with Gasteiger partial charge < -0.3 is 9.84 Å². The van der Waals surface area contributed by atoms with Gasteiger partial charge in [0.2, 0.25) is 5.60 Å². The summed E-state index contributed by atoms with van der Waals surface area (Å²) in [7, 11) is 0. The molecule has 0 aromatic heterocycles. The molecule has 0 unspecified atom stereocenters. The molecule has 17 heavy (non-hydrogen) atoms. The third-order valence-corrected chi connectivity index (χ3v) is 3.53. The van der Waals surface area contributed by atoms with Crippen LogP contribution in [0.3, 0.4) is 0 Å². The van der Waals surface area contributed by atoms with E-state index in [2.05, 4.69) is 6.92 Å². The van der Waals surface area contributed by atoms with Crippen molar-refractivity contribution in [2.24, 2.45) is 5.92 Å². The molecule has 3 nitrogen and oxygen atoms in total. The zero-order valence-corrected chi connectivity index (χ0v) is 10.1. The highest BCUT2D eigenvalue weighted by Gasteiger charge is 2.43. The third kappa shape index (κ3) is 2.60. The van der Waals surface area contributed by atoms with Crippen LogP contribution in [0.25, 0.3) is 0 Å². The van der Waals surface area contributed by atoms with Gasteiger partial charge in [-0.3, -0.25) is 0 Å². The molecule has 0 spiro atoms. The van der Waals surface area contributed by atoms with Gasteiger partial charge in [0.25, 0.3) is 0 Å². The summed E-state index contributed by atoms with van der Waals surface area (Å²) < 4.78 is 5.75. The van der Waals surface area contributed by atoms with Crippen LogP contribution >= 0.6 is 0 Å². The lowest BCUT2D eigenvalue weighted by Crippen LogP contribution is -2.47. The van der Waals surface area contributed by atoms with Gasteiger partial charge in [0, 0.05) is 0 Å². The Bertz CT molecular complexity index is 378. The largest absolute Gasteiger partial charge is 0.478 e. The first kappa shape index (κ1) is 12.0. The second-order valence-electron chi connectivity index (χ2n) is 4.90. The molecule has 2 rings (SSSR count). The van der Waals surface area contributed by atoms with Gasteiger partial charge in [0.05, 0.1) is 0 Å². The van der Waals surface area contributed by atoms with Crippen molar-refractivity contribution in [3.8, 4) is 5.75 Å². The number of carboxylic acids is 1. The molecule has 1 aliphatic carbocycles. The number of carboxylic acid groups (broad SMARTS) is 1. The molecule has 1 aromatic rings. The summed E-state index contributed by atoms with van der Waals surface area (Å²) in [6.07, 6.45) is 3.02. The molecule has 1 fully saturated rings. The maximum Gasteiger partial charge on any atom is 0.348 e. The monoisotopic (exact) mass is 234 g/mol.